The van der Waals surface area contributed by atoms with Crippen LogP contribution in [0.1, 0.15) is 33.1 Å². The average molecular weight is 329 g/mol. The smallest absolute Gasteiger partial charge is 0.451 e. The van der Waals surface area contributed by atoms with Crippen molar-refractivity contribution in [2.75, 3.05) is 6.54 Å². The maximum Gasteiger partial charge on any atom is 0.451 e. The fourth-order valence-corrected chi connectivity index (χ4v) is 3.03. The number of aliphatic carboxylic acids is 1. The molecule has 1 fully saturated rings. The third-order valence-electron chi connectivity index (χ3n) is 4.16. The number of carbonyl (C=O) groups excluding carboxylic acids is 1. The van der Waals surface area contributed by atoms with Crippen LogP contribution in [0, 0.1) is 11.8 Å². The summed E-state index contributed by atoms with van der Waals surface area (Å²) in [6.45, 7) is 4.32. The van der Waals surface area contributed by atoms with E-state index in [1.165, 1.54) is 0 Å². The van der Waals surface area contributed by atoms with Crippen LogP contribution in [0.4, 0.5) is 0 Å². The lowest BCUT2D eigenvalue weighted by Gasteiger charge is -2.24. The Bertz CT molecular complexity index is 408. The third-order valence-corrected chi connectivity index (χ3v) is 4.16. The molecule has 8 nitrogen and oxygen atoms in total. The summed E-state index contributed by atoms with van der Waals surface area (Å²) in [6.07, 6.45) is 1.69. The lowest BCUT2D eigenvalue weighted by atomic mass is 9.80. The van der Waals surface area contributed by atoms with Crippen LogP contribution >= 0.6 is 0 Å². The van der Waals surface area contributed by atoms with Crippen molar-refractivity contribution in [1.82, 2.24) is 10.6 Å². The number of carboxylic acid groups (broad SMARTS) is 1. The molecular formula is C14H28BN3O5. The van der Waals surface area contributed by atoms with Gasteiger partial charge in [0.05, 0.1) is 6.04 Å². The minimum absolute atomic E-state index is 0.177. The molecule has 0 spiro atoms. The molecule has 1 rings (SSSR count). The quantitative estimate of drug-likeness (QED) is 0.291. The van der Waals surface area contributed by atoms with Crippen molar-refractivity contribution < 1.29 is 24.7 Å². The molecule has 0 saturated carbocycles. The molecule has 132 valence electrons. The Morgan fingerprint density at radius 1 is 1.39 bits per heavy atom. The molecule has 0 aromatic heterocycles. The molecule has 1 saturated heterocycles. The summed E-state index contributed by atoms with van der Waals surface area (Å²) < 4.78 is 0. The molecule has 0 radical (unpaired) electrons. The maximum absolute atomic E-state index is 12.1. The van der Waals surface area contributed by atoms with E-state index in [1.807, 2.05) is 13.8 Å². The van der Waals surface area contributed by atoms with E-state index >= 15 is 0 Å². The Morgan fingerprint density at radius 2 is 2.04 bits per heavy atom. The van der Waals surface area contributed by atoms with Crippen LogP contribution in [0.2, 0.25) is 6.32 Å². The van der Waals surface area contributed by atoms with Gasteiger partial charge in [0.1, 0.15) is 6.04 Å². The fourth-order valence-electron chi connectivity index (χ4n) is 3.03. The molecule has 0 aromatic rings. The lowest BCUT2D eigenvalue weighted by Crippen LogP contribution is -2.49. The van der Waals surface area contributed by atoms with Gasteiger partial charge in [-0.3, -0.25) is 9.59 Å². The second-order valence-electron chi connectivity index (χ2n) is 6.65. The Balaban J connectivity index is 2.63. The summed E-state index contributed by atoms with van der Waals surface area (Å²) in [6, 6.07) is -1.69. The van der Waals surface area contributed by atoms with E-state index in [4.69, 9.17) is 15.8 Å². The summed E-state index contributed by atoms with van der Waals surface area (Å²) in [5.41, 5.74) is 5.86. The molecule has 23 heavy (non-hydrogen) atoms. The fraction of sp³-hybridized carbons (Fsp3) is 0.857. The standard InChI is InChI=1S/C14H28BN3O5/c1-8(2)6-10(16)13(19)18-11-7-17-12(14(20)21)9(11)4-3-5-15(22)23/h8-12,17,22-23H,3-7,16H2,1-2H3,(H,18,19)(H,20,21)/t9-,10?,11+,12+/m1/s1. The van der Waals surface area contributed by atoms with Gasteiger partial charge in [-0.2, -0.15) is 0 Å². The zero-order valence-corrected chi connectivity index (χ0v) is 13.7. The van der Waals surface area contributed by atoms with Gasteiger partial charge < -0.3 is 31.5 Å². The van der Waals surface area contributed by atoms with E-state index < -0.39 is 25.2 Å². The van der Waals surface area contributed by atoms with Crippen LogP contribution in [-0.2, 0) is 9.59 Å². The van der Waals surface area contributed by atoms with Crippen LogP contribution in [0.15, 0.2) is 0 Å². The van der Waals surface area contributed by atoms with E-state index in [1.54, 1.807) is 0 Å². The average Bonchev–Trinajstić information content (AvgIpc) is 2.80. The summed E-state index contributed by atoms with van der Waals surface area (Å²) in [5, 5.41) is 32.8. The molecule has 1 aliphatic rings. The first-order valence-corrected chi connectivity index (χ1v) is 8.10. The number of nitrogens with two attached hydrogens (primary N) is 1. The minimum atomic E-state index is -1.40. The second-order valence-corrected chi connectivity index (χ2v) is 6.65. The summed E-state index contributed by atoms with van der Waals surface area (Å²) in [5.74, 6) is -1.25. The molecule has 0 bridgehead atoms. The van der Waals surface area contributed by atoms with Gasteiger partial charge in [-0.15, -0.1) is 0 Å². The molecule has 1 amide bonds. The molecule has 0 aliphatic carbocycles. The van der Waals surface area contributed by atoms with Crippen molar-refractivity contribution in [3.8, 4) is 0 Å². The first-order chi connectivity index (χ1) is 10.7. The van der Waals surface area contributed by atoms with Crippen molar-refractivity contribution in [3.63, 3.8) is 0 Å². The van der Waals surface area contributed by atoms with Gasteiger partial charge in [-0.25, -0.2) is 0 Å². The minimum Gasteiger partial charge on any atom is -0.480 e. The normalized spacial score (nSPS) is 25.4. The molecule has 9 heteroatoms. The second kappa shape index (κ2) is 9.22. The van der Waals surface area contributed by atoms with Crippen LogP contribution in [0.25, 0.3) is 0 Å². The zero-order valence-electron chi connectivity index (χ0n) is 13.7. The topological polar surface area (TPSA) is 145 Å². The van der Waals surface area contributed by atoms with Gasteiger partial charge in [0.25, 0.3) is 0 Å². The molecule has 0 aromatic carbocycles. The first-order valence-electron chi connectivity index (χ1n) is 8.10. The van der Waals surface area contributed by atoms with Crippen LogP contribution in [-0.4, -0.2) is 58.8 Å². The van der Waals surface area contributed by atoms with E-state index in [-0.39, 0.29) is 24.2 Å². The predicted octanol–water partition coefficient (Wildman–Crippen LogP) is -1.23. The number of carbonyl (C=O) groups is 2. The lowest BCUT2D eigenvalue weighted by molar-refractivity contribution is -0.140. The SMILES string of the molecule is CC(C)CC(N)C(=O)N[C@H]1CN[C@H](C(=O)O)[C@@H]1CCCB(O)O. The molecule has 7 N–H and O–H groups in total. The monoisotopic (exact) mass is 329 g/mol. The third kappa shape index (κ3) is 6.46. The molecular weight excluding hydrogens is 301 g/mol. The van der Waals surface area contributed by atoms with Crippen LogP contribution < -0.4 is 16.4 Å². The van der Waals surface area contributed by atoms with Gasteiger partial charge >= 0.3 is 13.1 Å². The highest BCUT2D eigenvalue weighted by molar-refractivity contribution is 6.40. The van der Waals surface area contributed by atoms with E-state index in [9.17, 15) is 14.7 Å². The Kier molecular flexibility index (Phi) is 7.97. The number of rotatable bonds is 9. The van der Waals surface area contributed by atoms with E-state index in [2.05, 4.69) is 10.6 Å². The van der Waals surface area contributed by atoms with Gasteiger partial charge in [0.15, 0.2) is 0 Å². The Labute approximate surface area is 137 Å². The van der Waals surface area contributed by atoms with Crippen molar-refractivity contribution >= 4 is 19.0 Å². The molecule has 1 heterocycles. The highest BCUT2D eigenvalue weighted by atomic mass is 16.4. The van der Waals surface area contributed by atoms with Crippen molar-refractivity contribution in [2.24, 2.45) is 17.6 Å². The van der Waals surface area contributed by atoms with Crippen molar-refractivity contribution in [2.45, 2.75) is 57.6 Å². The van der Waals surface area contributed by atoms with E-state index in [0.29, 0.717) is 31.7 Å². The number of hydrogen-bond acceptors (Lipinski definition) is 6. The number of carboxylic acids is 1. The van der Waals surface area contributed by atoms with Crippen molar-refractivity contribution in [3.05, 3.63) is 0 Å². The zero-order chi connectivity index (χ0) is 17.6. The number of amides is 1. The maximum atomic E-state index is 12.1. The predicted molar refractivity (Wildman–Crippen MR) is 86.5 cm³/mol. The van der Waals surface area contributed by atoms with Gasteiger partial charge in [0, 0.05) is 18.5 Å². The largest absolute Gasteiger partial charge is 0.480 e. The Morgan fingerprint density at radius 3 is 2.57 bits per heavy atom. The van der Waals surface area contributed by atoms with E-state index in [0.717, 1.165) is 0 Å². The van der Waals surface area contributed by atoms with Crippen LogP contribution in [0.3, 0.4) is 0 Å². The highest BCUT2D eigenvalue weighted by Crippen LogP contribution is 2.23. The molecule has 4 atom stereocenters. The number of nitrogens with one attached hydrogen (secondary N) is 2. The first kappa shape index (κ1) is 19.9. The van der Waals surface area contributed by atoms with Gasteiger partial charge in [0.2, 0.25) is 5.91 Å². The van der Waals surface area contributed by atoms with Gasteiger partial charge in [-0.05, 0) is 25.1 Å². The van der Waals surface area contributed by atoms with Crippen LogP contribution in [0.5, 0.6) is 0 Å². The molecule has 1 unspecified atom stereocenters. The van der Waals surface area contributed by atoms with Gasteiger partial charge in [-0.1, -0.05) is 20.3 Å². The summed E-state index contributed by atoms with van der Waals surface area (Å²) >= 11 is 0. The summed E-state index contributed by atoms with van der Waals surface area (Å²) in [4.78, 5) is 23.5. The number of hydrogen-bond donors (Lipinski definition) is 6. The highest BCUT2D eigenvalue weighted by Gasteiger charge is 2.40. The Hall–Kier alpha value is -1.16. The van der Waals surface area contributed by atoms with Crippen molar-refractivity contribution in [1.29, 1.82) is 0 Å². The molecule has 1 aliphatic heterocycles. The summed E-state index contributed by atoms with van der Waals surface area (Å²) in [7, 11) is -1.40.